The summed E-state index contributed by atoms with van der Waals surface area (Å²) in [5.74, 6) is 0.493. The summed E-state index contributed by atoms with van der Waals surface area (Å²) in [6, 6.07) is 17.4. The Morgan fingerprint density at radius 1 is 1.12 bits per heavy atom. The first kappa shape index (κ1) is 29.6. The smallest absolute Gasteiger partial charge is 0.339 e. The van der Waals surface area contributed by atoms with Crippen molar-refractivity contribution in [2.75, 3.05) is 20.3 Å². The third kappa shape index (κ3) is 8.76. The molecule has 34 heavy (non-hydrogen) atoms. The van der Waals surface area contributed by atoms with E-state index in [2.05, 4.69) is 15.0 Å². The maximum absolute atomic E-state index is 11.5. The van der Waals surface area contributed by atoms with Crippen molar-refractivity contribution in [3.63, 3.8) is 0 Å². The number of ether oxygens (including phenoxy) is 2. The number of carbonyl (C=O) groups excluding carboxylic acids is 1. The summed E-state index contributed by atoms with van der Waals surface area (Å²) in [7, 11) is 1.31. The van der Waals surface area contributed by atoms with E-state index in [1.165, 1.54) is 13.3 Å². The molecule has 1 aromatic heterocycles. The minimum absolute atomic E-state index is 0. The van der Waals surface area contributed by atoms with E-state index in [1.54, 1.807) is 42.5 Å². The van der Waals surface area contributed by atoms with Crippen LogP contribution in [0.1, 0.15) is 27.6 Å². The molecule has 0 unspecified atom stereocenters. The molecule has 0 aliphatic heterocycles. The van der Waals surface area contributed by atoms with Crippen LogP contribution in [-0.4, -0.2) is 47.5 Å². The van der Waals surface area contributed by atoms with Gasteiger partial charge in [-0.15, -0.1) is 24.8 Å². The average Bonchev–Trinajstić information content (AvgIpc) is 2.82. The van der Waals surface area contributed by atoms with Gasteiger partial charge in [0.15, 0.2) is 0 Å². The highest BCUT2D eigenvalue weighted by atomic mass is 35.5. The highest BCUT2D eigenvalue weighted by Crippen LogP contribution is 2.21. The van der Waals surface area contributed by atoms with Crippen LogP contribution in [0.5, 0.6) is 11.6 Å². The number of methoxy groups -OCH3 is 1. The molecule has 0 aliphatic rings. The average molecular weight is 530 g/mol. The lowest BCUT2D eigenvalue weighted by Gasteiger charge is -2.19. The predicted octanol–water partition coefficient (Wildman–Crippen LogP) is 4.38. The number of carbonyl (C=O) groups is 1. The van der Waals surface area contributed by atoms with Crippen molar-refractivity contribution in [1.82, 2.24) is 10.3 Å². The molecule has 10 heteroatoms. The second kappa shape index (κ2) is 14.8. The Balaban J connectivity index is 0.00000289. The Morgan fingerprint density at radius 3 is 2.44 bits per heavy atom. The molecule has 0 saturated carbocycles. The van der Waals surface area contributed by atoms with Crippen molar-refractivity contribution in [3.05, 3.63) is 88.6 Å². The van der Waals surface area contributed by atoms with Gasteiger partial charge in [0.25, 0.3) is 0 Å². The van der Waals surface area contributed by atoms with Crippen LogP contribution < -0.4 is 10.1 Å². The third-order valence-corrected chi connectivity index (χ3v) is 5.07. The molecule has 0 aliphatic carbocycles. The van der Waals surface area contributed by atoms with Crippen LogP contribution in [0, 0.1) is 0 Å². The van der Waals surface area contributed by atoms with Gasteiger partial charge in [-0.3, -0.25) is 0 Å². The number of esters is 1. The zero-order valence-corrected chi connectivity index (χ0v) is 20.8. The van der Waals surface area contributed by atoms with E-state index >= 15 is 0 Å². The molecular formula is C24H27Cl3N2O5. The largest absolute Gasteiger partial charge is 0.465 e. The van der Waals surface area contributed by atoms with Crippen LogP contribution in [-0.2, 0) is 11.2 Å². The molecule has 2 aromatic carbocycles. The first-order valence-electron chi connectivity index (χ1n) is 10.1. The topological polar surface area (TPSA) is 101 Å². The maximum atomic E-state index is 11.5. The predicted molar refractivity (Wildman–Crippen MR) is 136 cm³/mol. The van der Waals surface area contributed by atoms with Crippen molar-refractivity contribution >= 4 is 42.4 Å². The summed E-state index contributed by atoms with van der Waals surface area (Å²) < 4.78 is 10.3. The summed E-state index contributed by atoms with van der Waals surface area (Å²) >= 11 is 5.97. The number of aliphatic hydroxyl groups excluding tert-OH is 2. The molecule has 3 aromatic rings. The fraction of sp³-hybridized carbons (Fsp3) is 0.250. The fourth-order valence-electron chi connectivity index (χ4n) is 3.09. The summed E-state index contributed by atoms with van der Waals surface area (Å²) in [5, 5.41) is 23.8. The second-order valence-corrected chi connectivity index (χ2v) is 7.62. The van der Waals surface area contributed by atoms with Gasteiger partial charge >= 0.3 is 5.97 Å². The molecule has 0 bridgehead atoms. The minimum Gasteiger partial charge on any atom is -0.465 e. The number of nitrogens with one attached hydrogen (secondary N) is 1. The first-order chi connectivity index (χ1) is 15.5. The van der Waals surface area contributed by atoms with Crippen molar-refractivity contribution < 1.29 is 24.5 Å². The lowest BCUT2D eigenvalue weighted by Crippen LogP contribution is -2.37. The number of aliphatic hydroxyl groups is 2. The van der Waals surface area contributed by atoms with Crippen LogP contribution in [0.4, 0.5) is 0 Å². The monoisotopic (exact) mass is 528 g/mol. The normalized spacial score (nSPS) is 12.0. The van der Waals surface area contributed by atoms with Gasteiger partial charge in [-0.05, 0) is 47.9 Å². The SMILES string of the molecule is COC(=O)c1ccc(Oc2ccc(C[C@@H](CO)NC[C@H](O)c3cccc(Cl)c3)cc2)nc1.Cl.Cl. The highest BCUT2D eigenvalue weighted by molar-refractivity contribution is 6.30. The summed E-state index contributed by atoms with van der Waals surface area (Å²) in [6.45, 7) is 0.219. The van der Waals surface area contributed by atoms with E-state index < -0.39 is 12.1 Å². The Labute approximate surface area is 215 Å². The molecule has 0 amide bonds. The van der Waals surface area contributed by atoms with Crippen LogP contribution in [0.3, 0.4) is 0 Å². The van der Waals surface area contributed by atoms with E-state index in [1.807, 2.05) is 18.2 Å². The zero-order valence-electron chi connectivity index (χ0n) is 18.4. The molecular weight excluding hydrogens is 503 g/mol. The highest BCUT2D eigenvalue weighted by Gasteiger charge is 2.13. The van der Waals surface area contributed by atoms with Gasteiger partial charge in [0, 0.05) is 29.9 Å². The zero-order chi connectivity index (χ0) is 22.9. The fourth-order valence-corrected chi connectivity index (χ4v) is 3.29. The van der Waals surface area contributed by atoms with E-state index in [4.69, 9.17) is 16.3 Å². The molecule has 0 saturated heterocycles. The van der Waals surface area contributed by atoms with Gasteiger partial charge in [-0.2, -0.15) is 0 Å². The van der Waals surface area contributed by atoms with Crippen molar-refractivity contribution in [1.29, 1.82) is 0 Å². The molecule has 3 rings (SSSR count). The number of aromatic nitrogens is 1. The molecule has 2 atom stereocenters. The maximum Gasteiger partial charge on any atom is 0.339 e. The lowest BCUT2D eigenvalue weighted by atomic mass is 10.1. The Hall–Kier alpha value is -2.39. The van der Waals surface area contributed by atoms with Crippen LogP contribution in [0.25, 0.3) is 0 Å². The molecule has 1 heterocycles. The van der Waals surface area contributed by atoms with Crippen LogP contribution >= 0.6 is 36.4 Å². The summed E-state index contributed by atoms with van der Waals surface area (Å²) in [4.78, 5) is 15.6. The van der Waals surface area contributed by atoms with Gasteiger partial charge in [-0.1, -0.05) is 35.9 Å². The van der Waals surface area contributed by atoms with E-state index in [0.29, 0.717) is 35.2 Å². The van der Waals surface area contributed by atoms with Gasteiger partial charge in [-0.25, -0.2) is 9.78 Å². The van der Waals surface area contributed by atoms with E-state index in [-0.39, 0.29) is 37.5 Å². The molecule has 0 spiro atoms. The number of rotatable bonds is 10. The number of hydrogen-bond donors (Lipinski definition) is 3. The van der Waals surface area contributed by atoms with Crippen LogP contribution in [0.2, 0.25) is 5.02 Å². The van der Waals surface area contributed by atoms with Gasteiger partial charge in [0.2, 0.25) is 5.88 Å². The van der Waals surface area contributed by atoms with Crippen molar-refractivity contribution in [3.8, 4) is 11.6 Å². The quantitative estimate of drug-likeness (QED) is 0.335. The van der Waals surface area contributed by atoms with Gasteiger partial charge in [0.05, 0.1) is 25.4 Å². The molecule has 0 radical (unpaired) electrons. The number of nitrogens with zero attached hydrogens (tertiary/aromatic N) is 1. The van der Waals surface area contributed by atoms with Gasteiger partial charge < -0.3 is 25.0 Å². The molecule has 7 nitrogen and oxygen atoms in total. The number of halogens is 3. The Kier molecular flexibility index (Phi) is 12.9. The summed E-state index contributed by atoms with van der Waals surface area (Å²) in [6.07, 6.45) is 1.24. The van der Waals surface area contributed by atoms with Gasteiger partial charge in [0.1, 0.15) is 5.75 Å². The van der Waals surface area contributed by atoms with E-state index in [9.17, 15) is 15.0 Å². The Bertz CT molecular complexity index is 1020. The van der Waals surface area contributed by atoms with Crippen LogP contribution in [0.15, 0.2) is 66.9 Å². The number of hydrogen-bond acceptors (Lipinski definition) is 7. The third-order valence-electron chi connectivity index (χ3n) is 4.84. The molecule has 184 valence electrons. The number of pyridine rings is 1. The minimum atomic E-state index is -0.725. The lowest BCUT2D eigenvalue weighted by molar-refractivity contribution is 0.0600. The van der Waals surface area contributed by atoms with E-state index in [0.717, 1.165) is 11.1 Å². The molecule has 3 N–H and O–H groups in total. The van der Waals surface area contributed by atoms with Crippen molar-refractivity contribution in [2.24, 2.45) is 0 Å². The second-order valence-electron chi connectivity index (χ2n) is 7.19. The summed E-state index contributed by atoms with van der Waals surface area (Å²) in [5.41, 5.74) is 2.06. The molecule has 0 fully saturated rings. The van der Waals surface area contributed by atoms with Crippen molar-refractivity contribution in [2.45, 2.75) is 18.6 Å². The number of benzene rings is 2. The standard InChI is InChI=1S/C24H25ClN2O5.2ClH/c1-31-24(30)18-7-10-23(27-13-18)32-21-8-5-16(6-9-21)11-20(15-28)26-14-22(29)17-3-2-4-19(25)12-17;;/h2-10,12-13,20,22,26,28-29H,11,14-15H2,1H3;2*1H/t20-,22-;;/m0../s1. The first-order valence-corrected chi connectivity index (χ1v) is 10.4. The Morgan fingerprint density at radius 2 is 1.85 bits per heavy atom.